The summed E-state index contributed by atoms with van der Waals surface area (Å²) in [6, 6.07) is 14.9. The Morgan fingerprint density at radius 3 is 1.34 bits per heavy atom. The van der Waals surface area contributed by atoms with Crippen molar-refractivity contribution in [2.24, 2.45) is 10.2 Å². The van der Waals surface area contributed by atoms with Crippen molar-refractivity contribution in [1.82, 2.24) is 0 Å². The molecule has 0 atom stereocenters. The number of azo groups is 1. The first-order chi connectivity index (χ1) is 23.2. The second-order valence-corrected chi connectivity index (χ2v) is 13.6. The number of benzene rings is 2. The molecule has 6 heteroatoms. The maximum atomic E-state index is 12.2. The number of unbranched alkanes of at least 4 members (excludes halogenated alkanes) is 22. The highest BCUT2D eigenvalue weighted by Crippen LogP contribution is 2.24. The number of thiol groups is 1. The second-order valence-electron chi connectivity index (χ2n) is 13.1. The quantitative estimate of drug-likeness (QED) is 0.0286. The zero-order chi connectivity index (χ0) is 33.5. The first-order valence-electron chi connectivity index (χ1n) is 19.3. The first-order valence-corrected chi connectivity index (χ1v) is 19.9. The fourth-order valence-electron chi connectivity index (χ4n) is 5.77. The van der Waals surface area contributed by atoms with Gasteiger partial charge >= 0.3 is 5.97 Å². The van der Waals surface area contributed by atoms with Crippen molar-refractivity contribution >= 4 is 30.0 Å². The lowest BCUT2D eigenvalue weighted by Crippen LogP contribution is -2.07. The Hall–Kier alpha value is -2.34. The average Bonchev–Trinajstić information content (AvgIpc) is 3.09. The average molecular weight is 667 g/mol. The third kappa shape index (κ3) is 23.6. The zero-order valence-electron chi connectivity index (χ0n) is 29.8. The normalized spacial score (nSPS) is 11.4. The number of hydrogen-bond donors (Lipinski definition) is 1. The minimum Gasteiger partial charge on any atom is -0.494 e. The number of carbonyl (C=O) groups excluding carboxylic acids is 1. The number of ether oxygens (including phenoxy) is 2. The second kappa shape index (κ2) is 29.8. The number of nitrogens with zero attached hydrogens (tertiary/aromatic N) is 2. The van der Waals surface area contributed by atoms with Gasteiger partial charge < -0.3 is 9.47 Å². The van der Waals surface area contributed by atoms with Crippen LogP contribution in [-0.2, 0) is 4.79 Å². The summed E-state index contributed by atoms with van der Waals surface area (Å²) >= 11 is 4.25. The molecule has 0 saturated carbocycles. The van der Waals surface area contributed by atoms with Crippen molar-refractivity contribution in [2.75, 3.05) is 12.4 Å². The molecule has 2 aromatic carbocycles. The molecule has 0 fully saturated rings. The van der Waals surface area contributed by atoms with E-state index >= 15 is 0 Å². The van der Waals surface area contributed by atoms with Crippen LogP contribution in [0.4, 0.5) is 11.4 Å². The Bertz CT molecular complexity index is 1030. The van der Waals surface area contributed by atoms with Crippen molar-refractivity contribution in [3.63, 3.8) is 0 Å². The summed E-state index contributed by atoms with van der Waals surface area (Å²) in [5, 5.41) is 8.65. The Labute approximate surface area is 293 Å². The molecular formula is C41H66N2O3S. The molecule has 0 aliphatic rings. The molecule has 0 aliphatic heterocycles. The molecule has 0 unspecified atom stereocenters. The highest BCUT2D eigenvalue weighted by molar-refractivity contribution is 7.80. The standard InChI is InChI=1S/C41H66N2O3S/c1-2-3-4-5-6-7-8-9-10-11-12-13-15-18-21-24-35-45-39-31-27-37(28-32-39)42-43-38-29-33-40(34-30-38)46-41(44)26-23-20-17-14-16-19-22-25-36-47/h27-34,47H,2-26,35-36H2,1H3. The van der Waals surface area contributed by atoms with Gasteiger partial charge in [-0.3, -0.25) is 4.79 Å². The molecule has 0 aliphatic carbocycles. The molecule has 47 heavy (non-hydrogen) atoms. The van der Waals surface area contributed by atoms with Gasteiger partial charge in [-0.2, -0.15) is 22.9 Å². The van der Waals surface area contributed by atoms with Crippen LogP contribution in [0.15, 0.2) is 58.8 Å². The fraction of sp³-hybridized carbons (Fsp3) is 0.683. The smallest absolute Gasteiger partial charge is 0.311 e. The van der Waals surface area contributed by atoms with Crippen molar-refractivity contribution in [2.45, 2.75) is 167 Å². The molecule has 0 radical (unpaired) electrons. The zero-order valence-corrected chi connectivity index (χ0v) is 30.7. The summed E-state index contributed by atoms with van der Waals surface area (Å²) in [7, 11) is 0. The van der Waals surface area contributed by atoms with Crippen molar-refractivity contribution in [3.05, 3.63) is 48.5 Å². The van der Waals surface area contributed by atoms with Gasteiger partial charge in [-0.25, -0.2) is 0 Å². The third-order valence-corrected chi connectivity index (χ3v) is 9.06. The summed E-state index contributed by atoms with van der Waals surface area (Å²) in [5.41, 5.74) is 1.48. The van der Waals surface area contributed by atoms with Gasteiger partial charge in [0.2, 0.25) is 0 Å². The van der Waals surface area contributed by atoms with Crippen LogP contribution in [0.5, 0.6) is 11.5 Å². The lowest BCUT2D eigenvalue weighted by molar-refractivity contribution is -0.134. The van der Waals surface area contributed by atoms with E-state index < -0.39 is 0 Å². The molecule has 0 aromatic heterocycles. The largest absolute Gasteiger partial charge is 0.494 e. The van der Waals surface area contributed by atoms with Crippen LogP contribution in [0, 0.1) is 0 Å². The van der Waals surface area contributed by atoms with Gasteiger partial charge in [0.1, 0.15) is 11.5 Å². The van der Waals surface area contributed by atoms with E-state index in [0.29, 0.717) is 17.9 Å². The van der Waals surface area contributed by atoms with Crippen LogP contribution in [0.3, 0.4) is 0 Å². The molecule has 2 rings (SSSR count). The topological polar surface area (TPSA) is 60.3 Å². The van der Waals surface area contributed by atoms with E-state index in [1.807, 2.05) is 36.4 Å². The highest BCUT2D eigenvalue weighted by Gasteiger charge is 2.05. The van der Waals surface area contributed by atoms with E-state index in [2.05, 4.69) is 29.8 Å². The lowest BCUT2D eigenvalue weighted by Gasteiger charge is -2.06. The molecule has 0 heterocycles. The molecule has 5 nitrogen and oxygen atoms in total. The molecule has 0 N–H and O–H groups in total. The predicted molar refractivity (Wildman–Crippen MR) is 203 cm³/mol. The van der Waals surface area contributed by atoms with Gasteiger partial charge in [0.05, 0.1) is 18.0 Å². The molecule has 264 valence electrons. The number of esters is 1. The number of rotatable bonds is 31. The SMILES string of the molecule is CCCCCCCCCCCCCCCCCCOc1ccc(N=Nc2ccc(OC(=O)CCCCCCCCCCS)cc2)cc1. The van der Waals surface area contributed by atoms with E-state index in [9.17, 15) is 4.79 Å². The van der Waals surface area contributed by atoms with Crippen LogP contribution >= 0.6 is 12.6 Å². The Morgan fingerprint density at radius 1 is 0.511 bits per heavy atom. The molecule has 0 spiro atoms. The van der Waals surface area contributed by atoms with Crippen molar-refractivity contribution in [1.29, 1.82) is 0 Å². The van der Waals surface area contributed by atoms with E-state index in [1.54, 1.807) is 12.1 Å². The van der Waals surface area contributed by atoms with Crippen LogP contribution in [-0.4, -0.2) is 18.3 Å². The monoisotopic (exact) mass is 666 g/mol. The first kappa shape index (κ1) is 40.8. The Balaban J connectivity index is 1.46. The highest BCUT2D eigenvalue weighted by atomic mass is 32.1. The van der Waals surface area contributed by atoms with Crippen LogP contribution in [0.2, 0.25) is 0 Å². The Morgan fingerprint density at radius 2 is 0.894 bits per heavy atom. The van der Waals surface area contributed by atoms with Crippen LogP contribution in [0.1, 0.15) is 167 Å². The van der Waals surface area contributed by atoms with Gasteiger partial charge in [-0.1, -0.05) is 142 Å². The maximum Gasteiger partial charge on any atom is 0.311 e. The molecule has 0 saturated heterocycles. The minimum atomic E-state index is -0.176. The fourth-order valence-corrected chi connectivity index (χ4v) is 5.99. The molecule has 0 amide bonds. The minimum absolute atomic E-state index is 0.176. The van der Waals surface area contributed by atoms with E-state index in [-0.39, 0.29) is 5.97 Å². The van der Waals surface area contributed by atoms with Crippen molar-refractivity contribution in [3.8, 4) is 11.5 Å². The van der Waals surface area contributed by atoms with Gasteiger partial charge in [0.15, 0.2) is 0 Å². The van der Waals surface area contributed by atoms with E-state index in [1.165, 1.54) is 135 Å². The van der Waals surface area contributed by atoms with E-state index in [0.717, 1.165) is 43.1 Å². The van der Waals surface area contributed by atoms with Crippen LogP contribution < -0.4 is 9.47 Å². The lowest BCUT2D eigenvalue weighted by atomic mass is 10.0. The van der Waals surface area contributed by atoms with E-state index in [4.69, 9.17) is 9.47 Å². The van der Waals surface area contributed by atoms with Crippen molar-refractivity contribution < 1.29 is 14.3 Å². The summed E-state index contributed by atoms with van der Waals surface area (Å²) in [4.78, 5) is 12.2. The van der Waals surface area contributed by atoms with Gasteiger partial charge in [0, 0.05) is 6.42 Å². The number of hydrogen-bond acceptors (Lipinski definition) is 6. The van der Waals surface area contributed by atoms with Crippen LogP contribution in [0.25, 0.3) is 0 Å². The van der Waals surface area contributed by atoms with Gasteiger partial charge in [-0.05, 0) is 73.5 Å². The number of carbonyl (C=O) groups is 1. The summed E-state index contributed by atoms with van der Waals surface area (Å²) in [6.45, 7) is 3.04. The maximum absolute atomic E-state index is 12.2. The predicted octanol–water partition coefficient (Wildman–Crippen LogP) is 14.1. The molecular weight excluding hydrogens is 601 g/mol. The summed E-state index contributed by atoms with van der Waals surface area (Å²) < 4.78 is 11.4. The van der Waals surface area contributed by atoms with Gasteiger partial charge in [0.25, 0.3) is 0 Å². The Kier molecular flexibility index (Phi) is 25.9. The molecule has 0 bridgehead atoms. The van der Waals surface area contributed by atoms with Gasteiger partial charge in [-0.15, -0.1) is 0 Å². The summed E-state index contributed by atoms with van der Waals surface area (Å²) in [6.07, 6.45) is 31.9. The third-order valence-electron chi connectivity index (χ3n) is 8.74. The molecule has 2 aromatic rings. The summed E-state index contributed by atoms with van der Waals surface area (Å²) in [5.74, 6) is 2.23.